The van der Waals surface area contributed by atoms with E-state index in [2.05, 4.69) is 5.16 Å². The zero-order chi connectivity index (χ0) is 7.56. The van der Waals surface area contributed by atoms with E-state index < -0.39 is 5.97 Å². The summed E-state index contributed by atoms with van der Waals surface area (Å²) in [6.07, 6.45) is 0.424. The van der Waals surface area contributed by atoms with Gasteiger partial charge in [-0.2, -0.15) is 0 Å². The molecule has 0 amide bonds. The topological polar surface area (TPSA) is 58.9 Å². The Labute approximate surface area is 71.4 Å². The van der Waals surface area contributed by atoms with Crippen molar-refractivity contribution < 1.29 is 14.7 Å². The van der Waals surface area contributed by atoms with Gasteiger partial charge in [-0.05, 0) is 22.6 Å². The average Bonchev–Trinajstić information content (AvgIpc) is 2.13. The first-order chi connectivity index (χ1) is 4.68. The molecule has 1 N–H and O–H groups in total. The van der Waals surface area contributed by atoms with Gasteiger partial charge < -0.3 is 9.94 Å². The molecule has 0 fully saturated rings. The molecule has 1 heterocycles. The summed E-state index contributed by atoms with van der Waals surface area (Å²) in [4.78, 5) is 14.9. The SMILES string of the molecule is O=C(O)CC1CC(I)=NO1. The summed E-state index contributed by atoms with van der Waals surface area (Å²) in [7, 11) is 0. The highest BCUT2D eigenvalue weighted by molar-refractivity contribution is 14.1. The lowest BCUT2D eigenvalue weighted by molar-refractivity contribution is -0.139. The van der Waals surface area contributed by atoms with Gasteiger partial charge in [0.1, 0.15) is 9.82 Å². The van der Waals surface area contributed by atoms with Gasteiger partial charge in [0.25, 0.3) is 0 Å². The van der Waals surface area contributed by atoms with E-state index in [0.29, 0.717) is 6.42 Å². The van der Waals surface area contributed by atoms with E-state index in [0.717, 1.165) is 3.72 Å². The van der Waals surface area contributed by atoms with E-state index in [9.17, 15) is 4.79 Å². The molecule has 0 aromatic carbocycles. The van der Waals surface area contributed by atoms with Gasteiger partial charge in [-0.15, -0.1) is 0 Å². The highest BCUT2D eigenvalue weighted by atomic mass is 127. The van der Waals surface area contributed by atoms with Crippen molar-refractivity contribution in [1.29, 1.82) is 0 Å². The summed E-state index contributed by atoms with van der Waals surface area (Å²) in [5.74, 6) is -0.841. The van der Waals surface area contributed by atoms with Gasteiger partial charge in [-0.25, -0.2) is 0 Å². The van der Waals surface area contributed by atoms with Crippen LogP contribution in [0, 0.1) is 0 Å². The van der Waals surface area contributed by atoms with Crippen LogP contribution >= 0.6 is 22.6 Å². The number of carbonyl (C=O) groups is 1. The molecule has 4 nitrogen and oxygen atoms in total. The van der Waals surface area contributed by atoms with E-state index in [1.807, 2.05) is 22.6 Å². The Kier molecular flexibility index (Phi) is 2.47. The molecule has 1 atom stereocenters. The monoisotopic (exact) mass is 255 g/mol. The number of halogens is 1. The second-order valence-electron chi connectivity index (χ2n) is 2.00. The van der Waals surface area contributed by atoms with Crippen molar-refractivity contribution in [3.05, 3.63) is 0 Å². The van der Waals surface area contributed by atoms with E-state index in [1.54, 1.807) is 0 Å². The highest BCUT2D eigenvalue weighted by Crippen LogP contribution is 2.16. The highest BCUT2D eigenvalue weighted by Gasteiger charge is 2.21. The normalized spacial score (nSPS) is 23.7. The minimum absolute atomic E-state index is 0.0377. The quantitative estimate of drug-likeness (QED) is 0.749. The second kappa shape index (κ2) is 3.18. The standard InChI is InChI=1S/C5H6INO3/c6-4-1-3(10-7-4)2-5(8)9/h3H,1-2H2,(H,8,9). The van der Waals surface area contributed by atoms with E-state index in [4.69, 9.17) is 9.94 Å². The molecule has 0 spiro atoms. The molecular weight excluding hydrogens is 249 g/mol. The van der Waals surface area contributed by atoms with Crippen LogP contribution in [-0.4, -0.2) is 20.9 Å². The van der Waals surface area contributed by atoms with E-state index >= 15 is 0 Å². The average molecular weight is 255 g/mol. The van der Waals surface area contributed by atoms with Crippen LogP contribution in [-0.2, 0) is 9.63 Å². The molecule has 0 radical (unpaired) electrons. The molecule has 5 heteroatoms. The van der Waals surface area contributed by atoms with E-state index in [-0.39, 0.29) is 12.5 Å². The first-order valence-electron chi connectivity index (χ1n) is 2.78. The molecule has 0 aliphatic carbocycles. The molecule has 0 saturated heterocycles. The minimum atomic E-state index is -0.841. The Balaban J connectivity index is 2.29. The maximum Gasteiger partial charge on any atom is 0.307 e. The third kappa shape index (κ3) is 2.13. The summed E-state index contributed by atoms with van der Waals surface area (Å²) in [6, 6.07) is 0. The van der Waals surface area contributed by atoms with Gasteiger partial charge in [-0.3, -0.25) is 4.79 Å². The van der Waals surface area contributed by atoms with Gasteiger partial charge in [0.2, 0.25) is 0 Å². The largest absolute Gasteiger partial charge is 0.481 e. The molecule has 1 aliphatic rings. The predicted molar refractivity (Wildman–Crippen MR) is 43.2 cm³/mol. The van der Waals surface area contributed by atoms with Gasteiger partial charge in [0.05, 0.1) is 6.42 Å². The van der Waals surface area contributed by atoms with Crippen molar-refractivity contribution in [2.24, 2.45) is 5.16 Å². The van der Waals surface area contributed by atoms with Gasteiger partial charge in [-0.1, -0.05) is 5.16 Å². The Morgan fingerprint density at radius 1 is 2.00 bits per heavy atom. The summed E-state index contributed by atoms with van der Waals surface area (Å²) in [5.41, 5.74) is 0. The molecule has 56 valence electrons. The van der Waals surface area contributed by atoms with Crippen LogP contribution < -0.4 is 0 Å². The van der Waals surface area contributed by atoms with Crippen LogP contribution in [0.3, 0.4) is 0 Å². The van der Waals surface area contributed by atoms with Crippen molar-refractivity contribution in [2.75, 3.05) is 0 Å². The predicted octanol–water partition coefficient (Wildman–Crippen LogP) is 0.999. The number of carboxylic acid groups (broad SMARTS) is 1. The summed E-state index contributed by atoms with van der Waals surface area (Å²) >= 11 is 2.03. The Morgan fingerprint density at radius 2 is 2.70 bits per heavy atom. The lowest BCUT2D eigenvalue weighted by Gasteiger charge is -2.01. The summed E-state index contributed by atoms with van der Waals surface area (Å²) in [5, 5.41) is 11.9. The van der Waals surface area contributed by atoms with Gasteiger partial charge in [0, 0.05) is 6.42 Å². The van der Waals surface area contributed by atoms with Gasteiger partial charge >= 0.3 is 5.97 Å². The van der Waals surface area contributed by atoms with Crippen molar-refractivity contribution in [3.8, 4) is 0 Å². The molecule has 0 aromatic rings. The molecule has 0 bridgehead atoms. The Morgan fingerprint density at radius 3 is 3.10 bits per heavy atom. The number of nitrogens with zero attached hydrogens (tertiary/aromatic N) is 1. The van der Waals surface area contributed by atoms with Crippen LogP contribution in [0.4, 0.5) is 0 Å². The lowest BCUT2D eigenvalue weighted by Crippen LogP contribution is -2.12. The molecule has 10 heavy (non-hydrogen) atoms. The zero-order valence-corrected chi connectivity index (χ0v) is 7.24. The fourth-order valence-corrected chi connectivity index (χ4v) is 1.30. The number of hydrogen-bond acceptors (Lipinski definition) is 3. The molecule has 0 aromatic heterocycles. The van der Waals surface area contributed by atoms with Crippen LogP contribution in [0.15, 0.2) is 5.16 Å². The molecule has 1 rings (SSSR count). The Bertz CT molecular complexity index is 180. The fraction of sp³-hybridized carbons (Fsp3) is 0.600. The van der Waals surface area contributed by atoms with Crippen molar-refractivity contribution >= 4 is 32.3 Å². The third-order valence-corrected chi connectivity index (χ3v) is 1.74. The van der Waals surface area contributed by atoms with Crippen molar-refractivity contribution in [1.82, 2.24) is 0 Å². The van der Waals surface area contributed by atoms with Crippen LogP contribution in [0.5, 0.6) is 0 Å². The summed E-state index contributed by atoms with van der Waals surface area (Å²) < 4.78 is 0.837. The molecular formula is C5H6INO3. The van der Waals surface area contributed by atoms with Crippen LogP contribution in [0.1, 0.15) is 12.8 Å². The number of rotatable bonds is 2. The number of oxime groups is 1. The number of aliphatic carboxylic acids is 1. The number of carboxylic acids is 1. The first-order valence-corrected chi connectivity index (χ1v) is 3.86. The zero-order valence-electron chi connectivity index (χ0n) is 5.08. The van der Waals surface area contributed by atoms with Crippen molar-refractivity contribution in [3.63, 3.8) is 0 Å². The van der Waals surface area contributed by atoms with Crippen LogP contribution in [0.2, 0.25) is 0 Å². The fourth-order valence-electron chi connectivity index (χ4n) is 0.698. The lowest BCUT2D eigenvalue weighted by atomic mass is 10.2. The number of hydrogen-bond donors (Lipinski definition) is 1. The molecule has 1 unspecified atom stereocenters. The van der Waals surface area contributed by atoms with Crippen molar-refractivity contribution in [2.45, 2.75) is 18.9 Å². The maximum absolute atomic E-state index is 10.1. The van der Waals surface area contributed by atoms with Gasteiger partial charge in [0.15, 0.2) is 0 Å². The molecule has 1 aliphatic heterocycles. The van der Waals surface area contributed by atoms with Crippen LogP contribution in [0.25, 0.3) is 0 Å². The minimum Gasteiger partial charge on any atom is -0.481 e. The Hall–Kier alpha value is -0.330. The van der Waals surface area contributed by atoms with E-state index in [1.165, 1.54) is 0 Å². The smallest absolute Gasteiger partial charge is 0.307 e. The second-order valence-corrected chi connectivity index (χ2v) is 3.24. The third-order valence-electron chi connectivity index (χ3n) is 1.10. The summed E-state index contributed by atoms with van der Waals surface area (Å²) in [6.45, 7) is 0. The molecule has 0 saturated carbocycles. The first kappa shape index (κ1) is 7.77. The maximum atomic E-state index is 10.1.